The lowest BCUT2D eigenvalue weighted by Crippen LogP contribution is -2.35. The molecule has 1 aliphatic rings. The second-order valence-corrected chi connectivity index (χ2v) is 10.3. The third kappa shape index (κ3) is 5.70. The van der Waals surface area contributed by atoms with Crippen LogP contribution in [0.1, 0.15) is 41.9 Å². The number of hydrogen-bond donors (Lipinski definition) is 1. The van der Waals surface area contributed by atoms with E-state index in [2.05, 4.69) is 5.32 Å². The van der Waals surface area contributed by atoms with Gasteiger partial charge in [-0.15, -0.1) is 0 Å². The first-order valence-corrected chi connectivity index (χ1v) is 13.0. The van der Waals surface area contributed by atoms with Crippen LogP contribution in [-0.4, -0.2) is 38.3 Å². The summed E-state index contributed by atoms with van der Waals surface area (Å²) in [6.45, 7) is 1.67. The van der Waals surface area contributed by atoms with Crippen LogP contribution < -0.4 is 5.32 Å². The average Bonchev–Trinajstić information content (AvgIpc) is 2.86. The van der Waals surface area contributed by atoms with E-state index in [4.69, 9.17) is 0 Å². The Balaban J connectivity index is 1.38. The number of rotatable bonds is 8. The predicted molar refractivity (Wildman–Crippen MR) is 130 cm³/mol. The Morgan fingerprint density at radius 1 is 0.788 bits per heavy atom. The van der Waals surface area contributed by atoms with Gasteiger partial charge in [-0.2, -0.15) is 4.31 Å². The van der Waals surface area contributed by atoms with Gasteiger partial charge in [0.2, 0.25) is 15.9 Å². The van der Waals surface area contributed by atoms with Crippen molar-refractivity contribution in [3.8, 4) is 0 Å². The lowest BCUT2D eigenvalue weighted by molar-refractivity contribution is -0.121. The number of nitrogens with one attached hydrogen (secondary N) is 1. The smallest absolute Gasteiger partial charge is 0.243 e. The van der Waals surface area contributed by atoms with E-state index in [1.165, 1.54) is 0 Å². The van der Waals surface area contributed by atoms with Crippen LogP contribution in [0.2, 0.25) is 0 Å². The summed E-state index contributed by atoms with van der Waals surface area (Å²) >= 11 is 0. The van der Waals surface area contributed by atoms with Crippen LogP contribution in [0.3, 0.4) is 0 Å². The highest BCUT2D eigenvalue weighted by molar-refractivity contribution is 7.89. The van der Waals surface area contributed by atoms with Gasteiger partial charge in [-0.05, 0) is 48.1 Å². The van der Waals surface area contributed by atoms with Crippen molar-refractivity contribution in [3.63, 3.8) is 0 Å². The molecule has 0 spiro atoms. The minimum Gasteiger partial charge on any atom is -0.355 e. The number of carbonyl (C=O) groups excluding carboxylic acids is 1. The Hall–Kier alpha value is -2.96. The molecule has 1 amide bonds. The first-order valence-electron chi connectivity index (χ1n) is 11.5. The van der Waals surface area contributed by atoms with Crippen molar-refractivity contribution in [2.75, 3.05) is 19.6 Å². The van der Waals surface area contributed by atoms with Crippen molar-refractivity contribution in [2.24, 2.45) is 0 Å². The maximum atomic E-state index is 13.1. The van der Waals surface area contributed by atoms with Crippen molar-refractivity contribution >= 4 is 15.9 Å². The van der Waals surface area contributed by atoms with Gasteiger partial charge in [-0.3, -0.25) is 4.79 Å². The largest absolute Gasteiger partial charge is 0.355 e. The van der Waals surface area contributed by atoms with Crippen LogP contribution in [0.5, 0.6) is 0 Å². The molecule has 0 aliphatic carbocycles. The lowest BCUT2D eigenvalue weighted by atomic mass is 9.90. The molecule has 1 heterocycles. The van der Waals surface area contributed by atoms with Gasteiger partial charge in [-0.1, -0.05) is 79.2 Å². The summed E-state index contributed by atoms with van der Waals surface area (Å²) in [7, 11) is -3.42. The summed E-state index contributed by atoms with van der Waals surface area (Å²) in [5.74, 6) is -0.416. The number of hydrogen-bond acceptors (Lipinski definition) is 3. The number of benzene rings is 3. The van der Waals surface area contributed by atoms with E-state index in [-0.39, 0.29) is 11.8 Å². The molecule has 0 aromatic heterocycles. The molecule has 0 atom stereocenters. The molecule has 1 N–H and O–H groups in total. The highest BCUT2D eigenvalue weighted by Crippen LogP contribution is 2.25. The number of carbonyl (C=O) groups is 1. The van der Waals surface area contributed by atoms with E-state index in [1.54, 1.807) is 16.4 Å². The van der Waals surface area contributed by atoms with E-state index in [0.29, 0.717) is 31.0 Å². The molecular weight excluding hydrogens is 432 g/mol. The molecule has 3 aromatic carbocycles. The molecule has 0 saturated carbocycles. The quantitative estimate of drug-likeness (QED) is 0.541. The van der Waals surface area contributed by atoms with Gasteiger partial charge in [0.1, 0.15) is 0 Å². The SMILES string of the molecule is O=C(NCCc1ccc(S(=O)(=O)N2CCCCC2)cc1)C(c1ccccc1)c1ccccc1. The molecule has 1 aliphatic heterocycles. The Bertz CT molecular complexity index is 1100. The summed E-state index contributed by atoms with van der Waals surface area (Å²) < 4.78 is 27.2. The van der Waals surface area contributed by atoms with Crippen LogP contribution in [0, 0.1) is 0 Å². The average molecular weight is 463 g/mol. The maximum Gasteiger partial charge on any atom is 0.243 e. The van der Waals surface area contributed by atoms with Crippen molar-refractivity contribution in [2.45, 2.75) is 36.5 Å². The molecule has 4 rings (SSSR count). The first-order chi connectivity index (χ1) is 16.1. The van der Waals surface area contributed by atoms with Crippen molar-refractivity contribution < 1.29 is 13.2 Å². The number of piperidine rings is 1. The van der Waals surface area contributed by atoms with Gasteiger partial charge in [0.15, 0.2) is 0 Å². The molecular formula is C27H30N2O3S. The summed E-state index contributed by atoms with van der Waals surface area (Å²) in [5.41, 5.74) is 2.89. The molecule has 3 aromatic rings. The van der Waals surface area contributed by atoms with Crippen molar-refractivity contribution in [1.82, 2.24) is 9.62 Å². The fourth-order valence-corrected chi connectivity index (χ4v) is 5.82. The van der Waals surface area contributed by atoms with Gasteiger partial charge < -0.3 is 5.32 Å². The zero-order chi connectivity index (χ0) is 23.1. The van der Waals surface area contributed by atoms with Crippen molar-refractivity contribution in [3.05, 3.63) is 102 Å². The molecule has 5 nitrogen and oxygen atoms in total. The predicted octanol–water partition coefficient (Wildman–Crippen LogP) is 4.35. The highest BCUT2D eigenvalue weighted by Gasteiger charge is 2.26. The number of amides is 1. The number of nitrogens with zero attached hydrogens (tertiary/aromatic N) is 1. The van der Waals surface area contributed by atoms with Gasteiger partial charge >= 0.3 is 0 Å². The second-order valence-electron chi connectivity index (χ2n) is 8.40. The van der Waals surface area contributed by atoms with Crippen LogP contribution >= 0.6 is 0 Å². The zero-order valence-electron chi connectivity index (χ0n) is 18.7. The fourth-order valence-electron chi connectivity index (χ4n) is 4.30. The van der Waals surface area contributed by atoms with Gasteiger partial charge in [0.25, 0.3) is 0 Å². The summed E-state index contributed by atoms with van der Waals surface area (Å²) in [4.78, 5) is 13.4. The van der Waals surface area contributed by atoms with E-state index in [0.717, 1.165) is 36.0 Å². The van der Waals surface area contributed by atoms with E-state index < -0.39 is 10.0 Å². The van der Waals surface area contributed by atoms with Gasteiger partial charge in [0.05, 0.1) is 10.8 Å². The van der Waals surface area contributed by atoms with Crippen LogP contribution in [0.15, 0.2) is 89.8 Å². The minimum absolute atomic E-state index is 0.0447. The molecule has 0 bridgehead atoms. The Labute approximate surface area is 196 Å². The van der Waals surface area contributed by atoms with Crippen LogP contribution in [-0.2, 0) is 21.2 Å². The Morgan fingerprint density at radius 3 is 1.88 bits per heavy atom. The summed E-state index contributed by atoms with van der Waals surface area (Å²) in [6, 6.07) is 26.6. The lowest BCUT2D eigenvalue weighted by Gasteiger charge is -2.25. The Kier molecular flexibility index (Phi) is 7.57. The molecule has 172 valence electrons. The summed E-state index contributed by atoms with van der Waals surface area (Å²) in [6.07, 6.45) is 3.56. The van der Waals surface area contributed by atoms with Crippen LogP contribution in [0.4, 0.5) is 0 Å². The second kappa shape index (κ2) is 10.8. The maximum absolute atomic E-state index is 13.1. The zero-order valence-corrected chi connectivity index (χ0v) is 19.5. The third-order valence-electron chi connectivity index (χ3n) is 6.12. The molecule has 33 heavy (non-hydrogen) atoms. The third-order valence-corrected chi connectivity index (χ3v) is 8.03. The molecule has 1 saturated heterocycles. The number of sulfonamides is 1. The van der Waals surface area contributed by atoms with Gasteiger partial charge in [0, 0.05) is 19.6 Å². The monoisotopic (exact) mass is 462 g/mol. The molecule has 0 radical (unpaired) electrons. The summed E-state index contributed by atoms with van der Waals surface area (Å²) in [5, 5.41) is 3.06. The van der Waals surface area contributed by atoms with E-state index in [9.17, 15) is 13.2 Å². The van der Waals surface area contributed by atoms with E-state index >= 15 is 0 Å². The highest BCUT2D eigenvalue weighted by atomic mass is 32.2. The fraction of sp³-hybridized carbons (Fsp3) is 0.296. The standard InChI is InChI=1S/C27H30N2O3S/c30-27(26(23-10-4-1-5-11-23)24-12-6-2-7-13-24)28-19-18-22-14-16-25(17-15-22)33(31,32)29-20-8-3-9-21-29/h1-2,4-7,10-17,26H,3,8-9,18-21H2,(H,28,30). The molecule has 1 fully saturated rings. The molecule has 6 heteroatoms. The first kappa shape index (κ1) is 23.2. The topological polar surface area (TPSA) is 66.5 Å². The Morgan fingerprint density at radius 2 is 1.33 bits per heavy atom. The normalized spacial score (nSPS) is 14.8. The molecule has 0 unspecified atom stereocenters. The van der Waals surface area contributed by atoms with Gasteiger partial charge in [-0.25, -0.2) is 8.42 Å². The minimum atomic E-state index is -3.42. The van der Waals surface area contributed by atoms with Crippen LogP contribution in [0.25, 0.3) is 0 Å². The van der Waals surface area contributed by atoms with E-state index in [1.807, 2.05) is 72.8 Å². The van der Waals surface area contributed by atoms with Crippen molar-refractivity contribution in [1.29, 1.82) is 0 Å².